The molecule has 1 aromatic rings. The quantitative estimate of drug-likeness (QED) is 0.841. The molecule has 0 aromatic carbocycles. The van der Waals surface area contributed by atoms with Crippen molar-refractivity contribution in [2.75, 3.05) is 11.1 Å². The summed E-state index contributed by atoms with van der Waals surface area (Å²) in [5.41, 5.74) is 0.740. The van der Waals surface area contributed by atoms with Gasteiger partial charge in [-0.3, -0.25) is 10.1 Å². The summed E-state index contributed by atoms with van der Waals surface area (Å²) in [5, 5.41) is 3.08. The van der Waals surface area contributed by atoms with Crippen molar-refractivity contribution >= 4 is 35.2 Å². The number of carbonyl (C=O) groups excluding carboxylic acids is 1. The number of hydrogen-bond acceptors (Lipinski definition) is 4. The first-order chi connectivity index (χ1) is 7.99. The summed E-state index contributed by atoms with van der Waals surface area (Å²) in [5.74, 6) is 1.27. The van der Waals surface area contributed by atoms with E-state index in [2.05, 4.69) is 15.3 Å². The Hall–Kier alpha value is -0.810. The van der Waals surface area contributed by atoms with E-state index in [-0.39, 0.29) is 16.6 Å². The zero-order chi connectivity index (χ0) is 12.5. The fourth-order valence-corrected chi connectivity index (χ4v) is 3.23. The Morgan fingerprint density at radius 2 is 2.35 bits per heavy atom. The van der Waals surface area contributed by atoms with Crippen LogP contribution in [0.2, 0.25) is 5.15 Å². The molecule has 1 amide bonds. The molecule has 2 rings (SSSR count). The van der Waals surface area contributed by atoms with Crippen LogP contribution in [0.25, 0.3) is 0 Å². The number of rotatable bonds is 2. The Kier molecular flexibility index (Phi) is 3.58. The van der Waals surface area contributed by atoms with Crippen LogP contribution in [-0.2, 0) is 4.79 Å². The molecule has 1 aliphatic rings. The van der Waals surface area contributed by atoms with Crippen LogP contribution < -0.4 is 5.32 Å². The monoisotopic (exact) mass is 271 g/mol. The summed E-state index contributed by atoms with van der Waals surface area (Å²) in [6.45, 7) is 3.77. The number of thioether (sulfide) groups is 1. The van der Waals surface area contributed by atoms with Gasteiger partial charge >= 0.3 is 0 Å². The molecule has 1 N–H and O–H groups in total. The lowest BCUT2D eigenvalue weighted by Crippen LogP contribution is -2.35. The molecule has 0 spiro atoms. The average molecular weight is 272 g/mol. The van der Waals surface area contributed by atoms with Gasteiger partial charge in [-0.05, 0) is 38.5 Å². The third kappa shape index (κ3) is 2.90. The normalized spacial score (nSPS) is 23.7. The predicted molar refractivity (Wildman–Crippen MR) is 70.5 cm³/mol. The fraction of sp³-hybridized carbons (Fsp3) is 0.545. The molecule has 1 fully saturated rings. The molecule has 6 heteroatoms. The van der Waals surface area contributed by atoms with Gasteiger partial charge in [-0.25, -0.2) is 9.97 Å². The van der Waals surface area contributed by atoms with Crippen LogP contribution in [-0.4, -0.2) is 26.4 Å². The molecule has 2 heterocycles. The molecule has 1 aromatic heterocycles. The summed E-state index contributed by atoms with van der Waals surface area (Å²) in [6, 6.07) is 1.66. The van der Waals surface area contributed by atoms with Gasteiger partial charge in [0.05, 0.1) is 4.75 Å². The number of halogens is 1. The van der Waals surface area contributed by atoms with E-state index in [1.165, 1.54) is 0 Å². The van der Waals surface area contributed by atoms with E-state index in [4.69, 9.17) is 11.6 Å². The van der Waals surface area contributed by atoms with Crippen LogP contribution in [0.5, 0.6) is 0 Å². The van der Waals surface area contributed by atoms with Crippen molar-refractivity contribution in [1.82, 2.24) is 9.97 Å². The van der Waals surface area contributed by atoms with Crippen LogP contribution in [0.1, 0.15) is 25.5 Å². The second-order valence-electron chi connectivity index (χ2n) is 4.29. The van der Waals surface area contributed by atoms with E-state index in [0.717, 1.165) is 24.3 Å². The highest BCUT2D eigenvalue weighted by Gasteiger charge is 2.37. The SMILES string of the molecule is Cc1cc(Cl)nc(NC(=O)C2(C)CCCS2)n1. The van der Waals surface area contributed by atoms with Gasteiger partial charge in [-0.15, -0.1) is 11.8 Å². The number of amides is 1. The molecular weight excluding hydrogens is 258 g/mol. The molecule has 0 saturated carbocycles. The average Bonchev–Trinajstić information content (AvgIpc) is 2.64. The third-order valence-electron chi connectivity index (χ3n) is 2.75. The highest BCUT2D eigenvalue weighted by atomic mass is 35.5. The van der Waals surface area contributed by atoms with Crippen molar-refractivity contribution in [3.05, 3.63) is 16.9 Å². The highest BCUT2D eigenvalue weighted by Crippen LogP contribution is 2.38. The Labute approximate surface area is 110 Å². The highest BCUT2D eigenvalue weighted by molar-refractivity contribution is 8.01. The van der Waals surface area contributed by atoms with Crippen LogP contribution in [0.15, 0.2) is 6.07 Å². The van der Waals surface area contributed by atoms with Crippen molar-refractivity contribution in [3.8, 4) is 0 Å². The fourth-order valence-electron chi connectivity index (χ4n) is 1.78. The van der Waals surface area contributed by atoms with Crippen molar-refractivity contribution in [1.29, 1.82) is 0 Å². The summed E-state index contributed by atoms with van der Waals surface area (Å²) in [4.78, 5) is 20.2. The summed E-state index contributed by atoms with van der Waals surface area (Å²) >= 11 is 7.50. The molecule has 4 nitrogen and oxygen atoms in total. The molecular formula is C11H14ClN3OS. The van der Waals surface area contributed by atoms with Crippen molar-refractivity contribution < 1.29 is 4.79 Å². The molecule has 17 heavy (non-hydrogen) atoms. The van der Waals surface area contributed by atoms with Gasteiger partial charge in [0.15, 0.2) is 0 Å². The van der Waals surface area contributed by atoms with Gasteiger partial charge in [0.25, 0.3) is 0 Å². The first-order valence-electron chi connectivity index (χ1n) is 5.46. The molecule has 1 atom stereocenters. The lowest BCUT2D eigenvalue weighted by atomic mass is 10.1. The van der Waals surface area contributed by atoms with E-state index in [1.807, 2.05) is 13.8 Å². The Morgan fingerprint density at radius 3 is 2.94 bits per heavy atom. The minimum absolute atomic E-state index is 0.0401. The Balaban J connectivity index is 2.12. The minimum atomic E-state index is -0.362. The maximum absolute atomic E-state index is 12.1. The first-order valence-corrected chi connectivity index (χ1v) is 6.82. The Bertz CT molecular complexity index is 426. The number of aryl methyl sites for hydroxylation is 1. The van der Waals surface area contributed by atoms with E-state index in [1.54, 1.807) is 17.8 Å². The number of carbonyl (C=O) groups is 1. The summed E-state index contributed by atoms with van der Waals surface area (Å²) < 4.78 is -0.362. The van der Waals surface area contributed by atoms with E-state index in [9.17, 15) is 4.79 Å². The van der Waals surface area contributed by atoms with Crippen molar-refractivity contribution in [2.24, 2.45) is 0 Å². The van der Waals surface area contributed by atoms with Gasteiger partial charge < -0.3 is 0 Å². The van der Waals surface area contributed by atoms with Crippen LogP contribution in [0.4, 0.5) is 5.95 Å². The topological polar surface area (TPSA) is 54.9 Å². The smallest absolute Gasteiger partial charge is 0.242 e. The molecule has 92 valence electrons. The van der Waals surface area contributed by atoms with Gasteiger partial charge in [-0.1, -0.05) is 11.6 Å². The Morgan fingerprint density at radius 1 is 1.59 bits per heavy atom. The molecule has 1 saturated heterocycles. The van der Waals surface area contributed by atoms with Crippen molar-refractivity contribution in [2.45, 2.75) is 31.4 Å². The largest absolute Gasteiger partial charge is 0.293 e. The molecule has 0 bridgehead atoms. The van der Waals surface area contributed by atoms with Crippen LogP contribution >= 0.6 is 23.4 Å². The number of anilines is 1. The van der Waals surface area contributed by atoms with Crippen molar-refractivity contribution in [3.63, 3.8) is 0 Å². The molecule has 1 aliphatic heterocycles. The molecule has 1 unspecified atom stereocenters. The maximum Gasteiger partial charge on any atom is 0.242 e. The number of aromatic nitrogens is 2. The standard InChI is InChI=1S/C11H14ClN3OS/c1-7-6-8(12)14-10(13-7)15-9(16)11(2)4-3-5-17-11/h6H,3-5H2,1-2H3,(H,13,14,15,16). The number of nitrogens with zero attached hydrogens (tertiary/aromatic N) is 2. The predicted octanol–water partition coefficient (Wildman–Crippen LogP) is 2.66. The second kappa shape index (κ2) is 4.82. The van der Waals surface area contributed by atoms with Gasteiger partial charge in [-0.2, -0.15) is 0 Å². The van der Waals surface area contributed by atoms with E-state index >= 15 is 0 Å². The summed E-state index contributed by atoms with van der Waals surface area (Å²) in [6.07, 6.45) is 1.97. The lowest BCUT2D eigenvalue weighted by molar-refractivity contribution is -0.118. The van der Waals surface area contributed by atoms with Gasteiger partial charge in [0, 0.05) is 5.69 Å². The lowest BCUT2D eigenvalue weighted by Gasteiger charge is -2.20. The zero-order valence-electron chi connectivity index (χ0n) is 9.79. The van der Waals surface area contributed by atoms with E-state index in [0.29, 0.717) is 5.15 Å². The molecule has 0 aliphatic carbocycles. The number of hydrogen-bond donors (Lipinski definition) is 1. The second-order valence-corrected chi connectivity index (χ2v) is 6.28. The number of nitrogens with one attached hydrogen (secondary N) is 1. The van der Waals surface area contributed by atoms with Gasteiger partial charge in [0.1, 0.15) is 5.15 Å². The van der Waals surface area contributed by atoms with Gasteiger partial charge in [0.2, 0.25) is 11.9 Å². The first kappa shape index (κ1) is 12.6. The maximum atomic E-state index is 12.1. The zero-order valence-corrected chi connectivity index (χ0v) is 11.4. The third-order valence-corrected chi connectivity index (χ3v) is 4.46. The van der Waals surface area contributed by atoms with Crippen LogP contribution in [0, 0.1) is 6.92 Å². The van der Waals surface area contributed by atoms with Crippen LogP contribution in [0.3, 0.4) is 0 Å². The van der Waals surface area contributed by atoms with E-state index < -0.39 is 0 Å². The molecule has 0 radical (unpaired) electrons. The minimum Gasteiger partial charge on any atom is -0.293 e. The summed E-state index contributed by atoms with van der Waals surface area (Å²) in [7, 11) is 0.